The number of piperazine rings is 1. The molecule has 19 heavy (non-hydrogen) atoms. The summed E-state index contributed by atoms with van der Waals surface area (Å²) in [5.74, 6) is -0.0719. The zero-order valence-corrected chi connectivity index (χ0v) is 11.6. The first kappa shape index (κ1) is 13.6. The zero-order valence-electron chi connectivity index (χ0n) is 11.6. The third-order valence-electron chi connectivity index (χ3n) is 3.36. The van der Waals surface area contributed by atoms with Crippen molar-refractivity contribution in [1.82, 2.24) is 20.0 Å². The fourth-order valence-corrected chi connectivity index (χ4v) is 2.01. The number of hydrogen-bond acceptors (Lipinski definition) is 3. The number of nitrogens with zero attached hydrogens (tertiary/aromatic N) is 3. The van der Waals surface area contributed by atoms with Crippen LogP contribution in [-0.4, -0.2) is 58.5 Å². The Morgan fingerprint density at radius 3 is 2.42 bits per heavy atom. The SMILES string of the molecule is CC(C)(C)c1cc(C(=O)N2CCN(C=O)CC2)n[nH]1. The van der Waals surface area contributed by atoms with E-state index in [9.17, 15) is 9.59 Å². The summed E-state index contributed by atoms with van der Waals surface area (Å²) in [6.07, 6.45) is 0.827. The molecule has 0 atom stereocenters. The Morgan fingerprint density at radius 1 is 1.32 bits per heavy atom. The Labute approximate surface area is 112 Å². The van der Waals surface area contributed by atoms with Gasteiger partial charge in [-0.25, -0.2) is 0 Å². The molecule has 0 saturated carbocycles. The minimum Gasteiger partial charge on any atom is -0.342 e. The van der Waals surface area contributed by atoms with Crippen LogP contribution in [0.5, 0.6) is 0 Å². The number of hydrogen-bond donors (Lipinski definition) is 1. The molecule has 0 bridgehead atoms. The van der Waals surface area contributed by atoms with E-state index in [-0.39, 0.29) is 11.3 Å². The minimum atomic E-state index is -0.0719. The van der Waals surface area contributed by atoms with E-state index in [1.807, 2.05) is 6.07 Å². The van der Waals surface area contributed by atoms with Crippen LogP contribution in [0, 0.1) is 0 Å². The van der Waals surface area contributed by atoms with Gasteiger partial charge < -0.3 is 9.80 Å². The van der Waals surface area contributed by atoms with Gasteiger partial charge in [0, 0.05) is 37.3 Å². The molecular weight excluding hydrogens is 244 g/mol. The van der Waals surface area contributed by atoms with Crippen molar-refractivity contribution < 1.29 is 9.59 Å². The van der Waals surface area contributed by atoms with Crippen LogP contribution in [0.1, 0.15) is 37.0 Å². The molecule has 1 N–H and O–H groups in total. The maximum absolute atomic E-state index is 12.3. The summed E-state index contributed by atoms with van der Waals surface area (Å²) in [6, 6.07) is 1.81. The van der Waals surface area contributed by atoms with E-state index in [1.165, 1.54) is 0 Å². The van der Waals surface area contributed by atoms with Crippen LogP contribution >= 0.6 is 0 Å². The average molecular weight is 264 g/mol. The molecule has 104 valence electrons. The normalized spacial score (nSPS) is 16.6. The third-order valence-corrected chi connectivity index (χ3v) is 3.36. The van der Waals surface area contributed by atoms with Gasteiger partial charge in [-0.2, -0.15) is 5.10 Å². The first-order valence-corrected chi connectivity index (χ1v) is 6.46. The number of amides is 2. The highest BCUT2D eigenvalue weighted by Gasteiger charge is 2.25. The van der Waals surface area contributed by atoms with Gasteiger partial charge in [-0.3, -0.25) is 14.7 Å². The smallest absolute Gasteiger partial charge is 0.274 e. The summed E-state index contributed by atoms with van der Waals surface area (Å²) >= 11 is 0. The van der Waals surface area contributed by atoms with Gasteiger partial charge in [0.15, 0.2) is 0 Å². The fraction of sp³-hybridized carbons (Fsp3) is 0.615. The first-order chi connectivity index (χ1) is 8.91. The van der Waals surface area contributed by atoms with Crippen LogP contribution in [-0.2, 0) is 10.2 Å². The van der Waals surface area contributed by atoms with Gasteiger partial charge in [-0.05, 0) is 6.07 Å². The molecule has 1 saturated heterocycles. The quantitative estimate of drug-likeness (QED) is 0.796. The van der Waals surface area contributed by atoms with E-state index < -0.39 is 0 Å². The monoisotopic (exact) mass is 264 g/mol. The minimum absolute atomic E-state index is 0.0538. The van der Waals surface area contributed by atoms with E-state index in [2.05, 4.69) is 31.0 Å². The second kappa shape index (κ2) is 5.03. The molecule has 1 aromatic rings. The van der Waals surface area contributed by atoms with Crippen molar-refractivity contribution >= 4 is 12.3 Å². The largest absolute Gasteiger partial charge is 0.342 e. The van der Waals surface area contributed by atoms with Crippen LogP contribution in [0.3, 0.4) is 0 Å². The molecule has 6 heteroatoms. The molecule has 0 aliphatic carbocycles. The second-order valence-corrected chi connectivity index (χ2v) is 5.85. The summed E-state index contributed by atoms with van der Waals surface area (Å²) in [6.45, 7) is 8.51. The molecule has 0 unspecified atom stereocenters. The van der Waals surface area contributed by atoms with Crippen LogP contribution in [0.25, 0.3) is 0 Å². The van der Waals surface area contributed by atoms with Crippen molar-refractivity contribution in [2.75, 3.05) is 26.2 Å². The number of rotatable bonds is 2. The van der Waals surface area contributed by atoms with Crippen molar-refractivity contribution in [1.29, 1.82) is 0 Å². The summed E-state index contributed by atoms with van der Waals surface area (Å²) in [4.78, 5) is 26.3. The predicted molar refractivity (Wildman–Crippen MR) is 70.8 cm³/mol. The van der Waals surface area contributed by atoms with Crippen molar-refractivity contribution in [2.24, 2.45) is 0 Å². The van der Waals surface area contributed by atoms with Crippen molar-refractivity contribution in [3.8, 4) is 0 Å². The van der Waals surface area contributed by atoms with Crippen LogP contribution in [0.2, 0.25) is 0 Å². The Kier molecular flexibility index (Phi) is 3.59. The Balaban J connectivity index is 2.04. The van der Waals surface area contributed by atoms with Gasteiger partial charge in [-0.15, -0.1) is 0 Å². The Hall–Kier alpha value is -1.85. The van der Waals surface area contributed by atoms with Crippen LogP contribution in [0.4, 0.5) is 0 Å². The average Bonchev–Trinajstić information content (AvgIpc) is 2.87. The van der Waals surface area contributed by atoms with Gasteiger partial charge in [0.1, 0.15) is 5.69 Å². The van der Waals surface area contributed by atoms with Gasteiger partial charge in [-0.1, -0.05) is 20.8 Å². The highest BCUT2D eigenvalue weighted by atomic mass is 16.2. The van der Waals surface area contributed by atoms with Crippen LogP contribution in [0.15, 0.2) is 6.07 Å². The predicted octanol–water partition coefficient (Wildman–Crippen LogP) is 0.621. The lowest BCUT2D eigenvalue weighted by Crippen LogP contribution is -2.48. The molecule has 1 aromatic heterocycles. The summed E-state index contributed by atoms with van der Waals surface area (Å²) < 4.78 is 0. The lowest BCUT2D eigenvalue weighted by atomic mass is 9.92. The molecule has 1 aliphatic rings. The maximum Gasteiger partial charge on any atom is 0.274 e. The van der Waals surface area contributed by atoms with Gasteiger partial charge in [0.25, 0.3) is 5.91 Å². The molecule has 0 aromatic carbocycles. The van der Waals surface area contributed by atoms with Crippen molar-refractivity contribution in [2.45, 2.75) is 26.2 Å². The number of aromatic nitrogens is 2. The first-order valence-electron chi connectivity index (χ1n) is 6.46. The molecule has 6 nitrogen and oxygen atoms in total. The summed E-state index contributed by atoms with van der Waals surface area (Å²) in [7, 11) is 0. The van der Waals surface area contributed by atoms with Gasteiger partial charge in [0.2, 0.25) is 6.41 Å². The molecule has 1 aliphatic heterocycles. The Morgan fingerprint density at radius 2 is 1.95 bits per heavy atom. The standard InChI is InChI=1S/C13H20N4O2/c1-13(2,3)11-8-10(14-15-11)12(19)17-6-4-16(9-18)5-7-17/h8-9H,4-7H2,1-3H3,(H,14,15). The van der Waals surface area contributed by atoms with E-state index in [0.717, 1.165) is 12.1 Å². The summed E-state index contributed by atoms with van der Waals surface area (Å²) in [5.41, 5.74) is 1.34. The van der Waals surface area contributed by atoms with E-state index in [0.29, 0.717) is 31.9 Å². The van der Waals surface area contributed by atoms with Crippen molar-refractivity contribution in [3.05, 3.63) is 17.5 Å². The fourth-order valence-electron chi connectivity index (χ4n) is 2.01. The highest BCUT2D eigenvalue weighted by molar-refractivity contribution is 5.92. The van der Waals surface area contributed by atoms with E-state index in [1.54, 1.807) is 9.80 Å². The highest BCUT2D eigenvalue weighted by Crippen LogP contribution is 2.20. The number of aromatic amines is 1. The number of carbonyl (C=O) groups is 2. The third kappa shape index (κ3) is 2.94. The summed E-state index contributed by atoms with van der Waals surface area (Å²) in [5, 5.41) is 7.02. The molecule has 2 amide bonds. The molecule has 2 rings (SSSR count). The molecule has 2 heterocycles. The zero-order chi connectivity index (χ0) is 14.0. The lowest BCUT2D eigenvalue weighted by Gasteiger charge is -2.32. The molecule has 0 spiro atoms. The van der Waals surface area contributed by atoms with E-state index in [4.69, 9.17) is 0 Å². The maximum atomic E-state index is 12.3. The number of nitrogens with one attached hydrogen (secondary N) is 1. The van der Waals surface area contributed by atoms with E-state index >= 15 is 0 Å². The van der Waals surface area contributed by atoms with Gasteiger partial charge in [0.05, 0.1) is 0 Å². The number of carbonyl (C=O) groups excluding carboxylic acids is 2. The second-order valence-electron chi connectivity index (χ2n) is 5.85. The molecule has 0 radical (unpaired) electrons. The van der Waals surface area contributed by atoms with Gasteiger partial charge >= 0.3 is 0 Å². The number of H-pyrrole nitrogens is 1. The topological polar surface area (TPSA) is 69.3 Å². The Bertz CT molecular complexity index is 467. The van der Waals surface area contributed by atoms with Crippen molar-refractivity contribution in [3.63, 3.8) is 0 Å². The molecular formula is C13H20N4O2. The van der Waals surface area contributed by atoms with Crippen LogP contribution < -0.4 is 0 Å². The lowest BCUT2D eigenvalue weighted by molar-refractivity contribution is -0.119. The molecule has 1 fully saturated rings.